The van der Waals surface area contributed by atoms with Gasteiger partial charge in [-0.1, -0.05) is 18.2 Å². The molecule has 0 fully saturated rings. The number of aromatic nitrogens is 1. The second kappa shape index (κ2) is 6.89. The summed E-state index contributed by atoms with van der Waals surface area (Å²) in [6.45, 7) is 0. The summed E-state index contributed by atoms with van der Waals surface area (Å²) < 4.78 is 10.9. The van der Waals surface area contributed by atoms with Gasteiger partial charge in [-0.25, -0.2) is 4.98 Å². The minimum atomic E-state index is -0.199. The van der Waals surface area contributed by atoms with Gasteiger partial charge >= 0.3 is 5.97 Å². The summed E-state index contributed by atoms with van der Waals surface area (Å²) in [6, 6.07) is 12.4. The zero-order valence-electron chi connectivity index (χ0n) is 12.1. The van der Waals surface area contributed by atoms with Crippen molar-refractivity contribution in [3.63, 3.8) is 0 Å². The van der Waals surface area contributed by atoms with Crippen LogP contribution in [0.5, 0.6) is 17.4 Å². The minimum Gasteiger partial charge on any atom is -0.439 e. The number of rotatable bonds is 5. The Morgan fingerprint density at radius 3 is 2.64 bits per heavy atom. The predicted molar refractivity (Wildman–Crippen MR) is 82.9 cm³/mol. The largest absolute Gasteiger partial charge is 0.439 e. The first kappa shape index (κ1) is 14.3. The molecule has 1 aromatic carbocycles. The van der Waals surface area contributed by atoms with Crippen molar-refractivity contribution in [3.05, 3.63) is 60.8 Å². The maximum Gasteiger partial charge on any atom is 0.311 e. The van der Waals surface area contributed by atoms with E-state index >= 15 is 0 Å². The Hall–Kier alpha value is -2.62. The topological polar surface area (TPSA) is 48.4 Å². The number of nitrogens with zero attached hydrogens (tertiary/aromatic N) is 1. The molecule has 1 aliphatic carbocycles. The predicted octanol–water partition coefficient (Wildman–Crippen LogP) is 4.14. The Balaban J connectivity index is 1.54. The first-order valence-corrected chi connectivity index (χ1v) is 7.36. The highest BCUT2D eigenvalue weighted by Gasteiger charge is 2.15. The minimum absolute atomic E-state index is 0.199. The van der Waals surface area contributed by atoms with E-state index in [1.165, 1.54) is 0 Å². The third-order valence-electron chi connectivity index (χ3n) is 3.46. The molecule has 0 spiro atoms. The normalized spacial score (nSPS) is 16.5. The zero-order valence-corrected chi connectivity index (χ0v) is 12.1. The van der Waals surface area contributed by atoms with Gasteiger partial charge in [0.1, 0.15) is 11.5 Å². The van der Waals surface area contributed by atoms with Gasteiger partial charge in [0.05, 0.1) is 6.42 Å². The van der Waals surface area contributed by atoms with E-state index in [1.807, 2.05) is 12.1 Å². The number of ether oxygens (including phenoxy) is 2. The van der Waals surface area contributed by atoms with E-state index in [1.54, 1.807) is 36.5 Å². The molecular weight excluding hydrogens is 278 g/mol. The fraction of sp³-hybridized carbons (Fsp3) is 0.222. The van der Waals surface area contributed by atoms with Crippen LogP contribution in [0.1, 0.15) is 19.3 Å². The molecule has 0 bridgehead atoms. The molecule has 0 aliphatic heterocycles. The molecule has 1 heterocycles. The zero-order chi connectivity index (χ0) is 15.2. The summed E-state index contributed by atoms with van der Waals surface area (Å²) in [4.78, 5) is 15.9. The van der Waals surface area contributed by atoms with Gasteiger partial charge in [-0.15, -0.1) is 0 Å². The Labute approximate surface area is 129 Å². The van der Waals surface area contributed by atoms with Crippen LogP contribution in [0.2, 0.25) is 0 Å². The summed E-state index contributed by atoms with van der Waals surface area (Å²) in [5, 5.41) is 0. The lowest BCUT2D eigenvalue weighted by molar-refractivity contribution is -0.135. The van der Waals surface area contributed by atoms with Crippen molar-refractivity contribution in [1.29, 1.82) is 0 Å². The lowest BCUT2D eigenvalue weighted by Gasteiger charge is -2.09. The highest BCUT2D eigenvalue weighted by molar-refractivity contribution is 5.73. The lowest BCUT2D eigenvalue weighted by atomic mass is 10.1. The molecule has 0 saturated heterocycles. The molecule has 112 valence electrons. The smallest absolute Gasteiger partial charge is 0.311 e. The monoisotopic (exact) mass is 295 g/mol. The van der Waals surface area contributed by atoms with E-state index in [9.17, 15) is 4.79 Å². The third kappa shape index (κ3) is 3.95. The molecule has 1 aromatic heterocycles. The van der Waals surface area contributed by atoms with Gasteiger partial charge in [-0.3, -0.25) is 4.79 Å². The summed E-state index contributed by atoms with van der Waals surface area (Å²) in [5.74, 6) is 1.83. The average molecular weight is 295 g/mol. The van der Waals surface area contributed by atoms with Crippen molar-refractivity contribution in [2.45, 2.75) is 19.3 Å². The Morgan fingerprint density at radius 1 is 1.14 bits per heavy atom. The first-order chi connectivity index (χ1) is 10.8. The van der Waals surface area contributed by atoms with Crippen LogP contribution in [0.3, 0.4) is 0 Å². The number of benzene rings is 1. The van der Waals surface area contributed by atoms with Crippen molar-refractivity contribution in [2.75, 3.05) is 0 Å². The number of hydrogen-bond acceptors (Lipinski definition) is 4. The van der Waals surface area contributed by atoms with E-state index in [0.717, 1.165) is 12.8 Å². The number of carbonyl (C=O) groups is 1. The van der Waals surface area contributed by atoms with Crippen LogP contribution in [-0.2, 0) is 4.79 Å². The molecule has 0 amide bonds. The quantitative estimate of drug-likeness (QED) is 0.472. The number of pyridine rings is 1. The van der Waals surface area contributed by atoms with Gasteiger partial charge < -0.3 is 9.47 Å². The highest BCUT2D eigenvalue weighted by atomic mass is 16.5. The molecule has 4 heteroatoms. The standard InChI is InChI=1S/C18H17NO3/c20-18(13-14-5-1-2-6-14)22-16-10-8-15(9-11-16)21-17-7-3-4-12-19-17/h1,3-5,7-12,14H,2,6,13H2. The number of allylic oxidation sites excluding steroid dienone is 2. The number of hydrogen-bond donors (Lipinski definition) is 0. The third-order valence-corrected chi connectivity index (χ3v) is 3.46. The van der Waals surface area contributed by atoms with E-state index in [4.69, 9.17) is 9.47 Å². The fourth-order valence-electron chi connectivity index (χ4n) is 2.36. The van der Waals surface area contributed by atoms with Crippen LogP contribution in [-0.4, -0.2) is 11.0 Å². The van der Waals surface area contributed by atoms with Crippen molar-refractivity contribution < 1.29 is 14.3 Å². The van der Waals surface area contributed by atoms with Gasteiger partial charge in [-0.05, 0) is 49.1 Å². The van der Waals surface area contributed by atoms with Crippen molar-refractivity contribution >= 4 is 5.97 Å². The average Bonchev–Trinajstić information content (AvgIpc) is 3.03. The van der Waals surface area contributed by atoms with Gasteiger partial charge in [0.2, 0.25) is 5.88 Å². The Bertz CT molecular complexity index is 650. The molecule has 0 saturated carbocycles. The van der Waals surface area contributed by atoms with Crippen molar-refractivity contribution in [2.24, 2.45) is 5.92 Å². The van der Waals surface area contributed by atoms with E-state index < -0.39 is 0 Å². The Kier molecular flexibility index (Phi) is 4.49. The molecule has 1 aliphatic rings. The molecule has 0 radical (unpaired) electrons. The second-order valence-electron chi connectivity index (χ2n) is 5.19. The van der Waals surface area contributed by atoms with Crippen LogP contribution < -0.4 is 9.47 Å². The maximum atomic E-state index is 11.8. The molecular formula is C18H17NO3. The molecule has 2 aromatic rings. The summed E-state index contributed by atoms with van der Waals surface area (Å²) >= 11 is 0. The molecule has 3 rings (SSSR count). The van der Waals surface area contributed by atoms with Gasteiger partial charge in [0, 0.05) is 12.3 Å². The Morgan fingerprint density at radius 2 is 1.95 bits per heavy atom. The summed E-state index contributed by atoms with van der Waals surface area (Å²) in [7, 11) is 0. The van der Waals surface area contributed by atoms with Crippen molar-refractivity contribution in [3.8, 4) is 17.4 Å². The SMILES string of the molecule is O=C(CC1C=CCC1)Oc1ccc(Oc2ccccn2)cc1. The molecule has 1 unspecified atom stereocenters. The van der Waals surface area contributed by atoms with Gasteiger partial charge in [0.15, 0.2) is 0 Å². The molecule has 22 heavy (non-hydrogen) atoms. The second-order valence-corrected chi connectivity index (χ2v) is 5.19. The van der Waals surface area contributed by atoms with Gasteiger partial charge in [0.25, 0.3) is 0 Å². The van der Waals surface area contributed by atoms with Crippen LogP contribution in [0.4, 0.5) is 0 Å². The lowest BCUT2D eigenvalue weighted by Crippen LogP contribution is -2.11. The molecule has 0 N–H and O–H groups in total. The van der Waals surface area contributed by atoms with Crippen LogP contribution in [0.15, 0.2) is 60.8 Å². The summed E-state index contributed by atoms with van der Waals surface area (Å²) in [6.07, 6.45) is 8.39. The number of carbonyl (C=O) groups excluding carboxylic acids is 1. The highest BCUT2D eigenvalue weighted by Crippen LogP contribution is 2.24. The van der Waals surface area contributed by atoms with Crippen LogP contribution >= 0.6 is 0 Å². The maximum absolute atomic E-state index is 11.8. The first-order valence-electron chi connectivity index (χ1n) is 7.36. The number of esters is 1. The van der Waals surface area contributed by atoms with Crippen molar-refractivity contribution in [1.82, 2.24) is 4.98 Å². The van der Waals surface area contributed by atoms with E-state index in [2.05, 4.69) is 17.1 Å². The molecule has 4 nitrogen and oxygen atoms in total. The summed E-state index contributed by atoms with van der Waals surface area (Å²) in [5.41, 5.74) is 0. The van der Waals surface area contributed by atoms with Gasteiger partial charge in [-0.2, -0.15) is 0 Å². The fourth-order valence-corrected chi connectivity index (χ4v) is 2.36. The van der Waals surface area contributed by atoms with Crippen LogP contribution in [0, 0.1) is 5.92 Å². The van der Waals surface area contributed by atoms with E-state index in [-0.39, 0.29) is 5.97 Å². The molecule has 1 atom stereocenters. The van der Waals surface area contributed by atoms with Crippen LogP contribution in [0.25, 0.3) is 0 Å². The van der Waals surface area contributed by atoms with E-state index in [0.29, 0.717) is 29.7 Å².